The Labute approximate surface area is 139 Å². The van der Waals surface area contributed by atoms with Gasteiger partial charge in [-0.3, -0.25) is 4.79 Å². The molecule has 7 nitrogen and oxygen atoms in total. The minimum Gasteiger partial charge on any atom is -0.383 e. The van der Waals surface area contributed by atoms with Crippen molar-refractivity contribution >= 4 is 51.0 Å². The van der Waals surface area contributed by atoms with Gasteiger partial charge in [-0.25, -0.2) is 14.6 Å². The van der Waals surface area contributed by atoms with Crippen LogP contribution in [-0.2, 0) is 4.79 Å². The van der Waals surface area contributed by atoms with Crippen LogP contribution in [0.4, 0.5) is 11.5 Å². The van der Waals surface area contributed by atoms with E-state index in [1.165, 1.54) is 12.4 Å². The number of benzene rings is 1. The zero-order chi connectivity index (χ0) is 15.7. The maximum atomic E-state index is 11.3. The van der Waals surface area contributed by atoms with Gasteiger partial charge in [0.05, 0.1) is 11.1 Å². The number of nitrogens with one attached hydrogen (secondary N) is 1. The minimum absolute atomic E-state index is 0.257. The van der Waals surface area contributed by atoms with E-state index in [-0.39, 0.29) is 5.91 Å². The molecule has 1 amide bonds. The zero-order valence-electron chi connectivity index (χ0n) is 11.3. The predicted molar refractivity (Wildman–Crippen MR) is 92.6 cm³/mol. The molecule has 0 aliphatic rings. The molecular weight excluding hydrogens is 395 g/mol. The van der Waals surface area contributed by atoms with E-state index >= 15 is 0 Å². The normalized spacial score (nSPS) is 10.6. The quantitative estimate of drug-likeness (QED) is 0.513. The molecule has 0 bridgehead atoms. The number of aromatic nitrogens is 4. The lowest BCUT2D eigenvalue weighted by molar-refractivity contribution is -0.111. The van der Waals surface area contributed by atoms with Crippen LogP contribution in [-0.4, -0.2) is 25.7 Å². The standard InChI is InChI=1S/C14H11IN6O/c1-2-10(22)19-8-3-5-9(6-4-8)21-14-11(12(15)20-21)13(16)17-7-18-14/h2-7H,1H2,(H,19,22)(H2,16,17,18). The monoisotopic (exact) mass is 406 g/mol. The Morgan fingerprint density at radius 2 is 2.05 bits per heavy atom. The molecule has 0 radical (unpaired) electrons. The van der Waals surface area contributed by atoms with Gasteiger partial charge in [0, 0.05) is 5.69 Å². The summed E-state index contributed by atoms with van der Waals surface area (Å²) in [5, 5.41) is 7.86. The summed E-state index contributed by atoms with van der Waals surface area (Å²) in [4.78, 5) is 19.5. The summed E-state index contributed by atoms with van der Waals surface area (Å²) in [6.07, 6.45) is 2.63. The van der Waals surface area contributed by atoms with Gasteiger partial charge in [0.1, 0.15) is 15.8 Å². The molecule has 0 fully saturated rings. The number of anilines is 2. The fourth-order valence-corrected chi connectivity index (χ4v) is 2.73. The van der Waals surface area contributed by atoms with Gasteiger partial charge in [0.2, 0.25) is 5.91 Å². The van der Waals surface area contributed by atoms with Crippen molar-refractivity contribution in [2.45, 2.75) is 0 Å². The van der Waals surface area contributed by atoms with E-state index in [1.54, 1.807) is 16.8 Å². The fourth-order valence-electron chi connectivity index (χ4n) is 1.99. The first-order valence-corrected chi connectivity index (χ1v) is 7.36. The van der Waals surface area contributed by atoms with Crippen molar-refractivity contribution in [3.05, 3.63) is 46.9 Å². The lowest BCUT2D eigenvalue weighted by Crippen LogP contribution is -2.07. The first-order chi connectivity index (χ1) is 10.6. The number of halogens is 1. The molecule has 3 N–H and O–H groups in total. The number of hydrogen-bond acceptors (Lipinski definition) is 5. The van der Waals surface area contributed by atoms with Crippen LogP contribution >= 0.6 is 22.6 Å². The maximum absolute atomic E-state index is 11.3. The molecule has 0 unspecified atom stereocenters. The van der Waals surface area contributed by atoms with Gasteiger partial charge in [0.25, 0.3) is 0 Å². The lowest BCUT2D eigenvalue weighted by atomic mass is 10.2. The van der Waals surface area contributed by atoms with E-state index in [4.69, 9.17) is 5.73 Å². The van der Waals surface area contributed by atoms with Gasteiger partial charge in [-0.1, -0.05) is 6.58 Å². The molecule has 110 valence electrons. The smallest absolute Gasteiger partial charge is 0.247 e. The molecule has 0 atom stereocenters. The third-order valence-corrected chi connectivity index (χ3v) is 3.77. The van der Waals surface area contributed by atoms with Crippen LogP contribution < -0.4 is 11.1 Å². The van der Waals surface area contributed by atoms with Crippen molar-refractivity contribution in [3.63, 3.8) is 0 Å². The molecule has 8 heteroatoms. The number of carbonyl (C=O) groups excluding carboxylic acids is 1. The third-order valence-electron chi connectivity index (χ3n) is 3.02. The Kier molecular flexibility index (Phi) is 3.75. The van der Waals surface area contributed by atoms with Crippen molar-refractivity contribution < 1.29 is 4.79 Å². The van der Waals surface area contributed by atoms with E-state index in [1.807, 2.05) is 12.1 Å². The number of carbonyl (C=O) groups is 1. The second-order valence-corrected chi connectivity index (χ2v) is 5.42. The lowest BCUT2D eigenvalue weighted by Gasteiger charge is -2.05. The number of rotatable bonds is 3. The first kappa shape index (κ1) is 14.4. The highest BCUT2D eigenvalue weighted by Gasteiger charge is 2.14. The molecular formula is C14H11IN6O. The Hall–Kier alpha value is -2.49. The van der Waals surface area contributed by atoms with Crippen molar-refractivity contribution in [1.29, 1.82) is 0 Å². The summed E-state index contributed by atoms with van der Waals surface area (Å²) in [5.74, 6) is 0.142. The Bertz CT molecular complexity index is 871. The van der Waals surface area contributed by atoms with E-state index in [0.29, 0.717) is 17.2 Å². The number of amides is 1. The molecule has 1 aromatic carbocycles. The summed E-state index contributed by atoms with van der Waals surface area (Å²) < 4.78 is 2.42. The summed E-state index contributed by atoms with van der Waals surface area (Å²) >= 11 is 2.10. The summed E-state index contributed by atoms with van der Waals surface area (Å²) in [6.45, 7) is 3.41. The highest BCUT2D eigenvalue weighted by atomic mass is 127. The average Bonchev–Trinajstić information content (AvgIpc) is 2.86. The van der Waals surface area contributed by atoms with Gasteiger partial charge >= 0.3 is 0 Å². The summed E-state index contributed by atoms with van der Waals surface area (Å²) in [6, 6.07) is 7.22. The van der Waals surface area contributed by atoms with Crippen LogP contribution in [0, 0.1) is 3.70 Å². The molecule has 3 aromatic rings. The maximum Gasteiger partial charge on any atom is 0.247 e. The van der Waals surface area contributed by atoms with Gasteiger partial charge in [-0.05, 0) is 52.9 Å². The molecule has 0 saturated heterocycles. The molecule has 22 heavy (non-hydrogen) atoms. The highest BCUT2D eigenvalue weighted by Crippen LogP contribution is 2.25. The second kappa shape index (κ2) is 5.72. The van der Waals surface area contributed by atoms with Crippen molar-refractivity contribution in [3.8, 4) is 5.69 Å². The van der Waals surface area contributed by atoms with Crippen LogP contribution in [0.3, 0.4) is 0 Å². The second-order valence-electron chi connectivity index (χ2n) is 4.40. The van der Waals surface area contributed by atoms with Crippen LogP contribution in [0.1, 0.15) is 0 Å². The molecule has 0 aliphatic carbocycles. The molecule has 2 heterocycles. The topological polar surface area (TPSA) is 98.7 Å². The SMILES string of the molecule is C=CC(=O)Nc1ccc(-n2nc(I)c3c(N)ncnc32)cc1. The van der Waals surface area contributed by atoms with Gasteiger partial charge in [0.15, 0.2) is 5.65 Å². The molecule has 2 aromatic heterocycles. The van der Waals surface area contributed by atoms with Crippen LogP contribution in [0.15, 0.2) is 43.2 Å². The Balaban J connectivity index is 2.03. The fraction of sp³-hybridized carbons (Fsp3) is 0. The number of fused-ring (bicyclic) bond motifs is 1. The van der Waals surface area contributed by atoms with Gasteiger partial charge < -0.3 is 11.1 Å². The van der Waals surface area contributed by atoms with Crippen LogP contribution in [0.5, 0.6) is 0 Å². The van der Waals surface area contributed by atoms with Gasteiger partial charge in [-0.2, -0.15) is 5.10 Å². The third kappa shape index (κ3) is 2.52. The highest BCUT2D eigenvalue weighted by molar-refractivity contribution is 14.1. The first-order valence-electron chi connectivity index (χ1n) is 6.28. The van der Waals surface area contributed by atoms with Crippen molar-refractivity contribution in [1.82, 2.24) is 19.7 Å². The average molecular weight is 406 g/mol. The van der Waals surface area contributed by atoms with E-state index in [2.05, 4.69) is 49.6 Å². The number of nitrogens with zero attached hydrogens (tertiary/aromatic N) is 4. The molecule has 0 aliphatic heterocycles. The summed E-state index contributed by atoms with van der Waals surface area (Å²) in [7, 11) is 0. The minimum atomic E-state index is -0.257. The van der Waals surface area contributed by atoms with Crippen LogP contribution in [0.2, 0.25) is 0 Å². The number of nitrogen functional groups attached to an aromatic ring is 1. The largest absolute Gasteiger partial charge is 0.383 e. The van der Waals surface area contributed by atoms with Gasteiger partial charge in [-0.15, -0.1) is 0 Å². The van der Waals surface area contributed by atoms with E-state index in [9.17, 15) is 4.79 Å². The predicted octanol–water partition coefficient (Wildman–Crippen LogP) is 2.13. The Morgan fingerprint density at radius 3 is 2.73 bits per heavy atom. The number of nitrogens with two attached hydrogens (primary N) is 1. The van der Waals surface area contributed by atoms with E-state index < -0.39 is 0 Å². The molecule has 0 spiro atoms. The molecule has 3 rings (SSSR count). The van der Waals surface area contributed by atoms with Crippen molar-refractivity contribution in [2.75, 3.05) is 11.1 Å². The van der Waals surface area contributed by atoms with E-state index in [0.717, 1.165) is 14.8 Å². The van der Waals surface area contributed by atoms with Crippen LogP contribution in [0.25, 0.3) is 16.7 Å². The van der Waals surface area contributed by atoms with Crippen molar-refractivity contribution in [2.24, 2.45) is 0 Å². The number of hydrogen-bond donors (Lipinski definition) is 2. The molecule has 0 saturated carbocycles. The zero-order valence-corrected chi connectivity index (χ0v) is 13.5. The Morgan fingerprint density at radius 1 is 1.32 bits per heavy atom. The summed E-state index contributed by atoms with van der Waals surface area (Å²) in [5.41, 5.74) is 8.00.